The predicted molar refractivity (Wildman–Crippen MR) is 74.6 cm³/mol. The first-order chi connectivity index (χ1) is 9.63. The van der Waals surface area contributed by atoms with Gasteiger partial charge in [0.15, 0.2) is 11.6 Å². The van der Waals surface area contributed by atoms with E-state index in [9.17, 15) is 8.78 Å². The molecule has 5 heteroatoms. The van der Waals surface area contributed by atoms with Crippen molar-refractivity contribution in [2.45, 2.75) is 44.1 Å². The van der Waals surface area contributed by atoms with Crippen LogP contribution in [-0.2, 0) is 6.42 Å². The Morgan fingerprint density at radius 2 is 2.00 bits per heavy atom. The van der Waals surface area contributed by atoms with Gasteiger partial charge in [0.25, 0.3) is 0 Å². The molecule has 0 bridgehead atoms. The lowest BCUT2D eigenvalue weighted by molar-refractivity contribution is 0.241. The molecule has 1 aliphatic carbocycles. The first kappa shape index (κ1) is 13.5. The molecular formula is C15H19F2N3. The van der Waals surface area contributed by atoms with Crippen molar-refractivity contribution >= 4 is 11.0 Å². The van der Waals surface area contributed by atoms with Gasteiger partial charge in [-0.3, -0.25) is 0 Å². The molecule has 3 rings (SSSR count). The second-order valence-corrected chi connectivity index (χ2v) is 5.71. The number of fused-ring (bicyclic) bond motifs is 1. The molecule has 0 spiro atoms. The van der Waals surface area contributed by atoms with Crippen LogP contribution < -0.4 is 5.32 Å². The van der Waals surface area contributed by atoms with Crippen LogP contribution in [0.1, 0.15) is 37.9 Å². The minimum atomic E-state index is -0.868. The van der Waals surface area contributed by atoms with E-state index in [0.717, 1.165) is 31.2 Å². The van der Waals surface area contributed by atoms with Crippen LogP contribution in [0.25, 0.3) is 11.0 Å². The van der Waals surface area contributed by atoms with Gasteiger partial charge < -0.3 is 10.3 Å². The minimum absolute atomic E-state index is 0.0289. The molecule has 1 aromatic carbocycles. The number of aromatic nitrogens is 2. The molecule has 108 valence electrons. The molecule has 2 N–H and O–H groups in total. The zero-order valence-corrected chi connectivity index (χ0v) is 11.6. The highest BCUT2D eigenvalue weighted by Gasteiger charge is 2.31. The number of benzene rings is 1. The van der Waals surface area contributed by atoms with Crippen LogP contribution in [0.3, 0.4) is 0 Å². The average molecular weight is 279 g/mol. The Hall–Kier alpha value is -1.49. The maximum absolute atomic E-state index is 13.7. The fourth-order valence-electron chi connectivity index (χ4n) is 3.22. The Morgan fingerprint density at radius 3 is 2.70 bits per heavy atom. The summed E-state index contributed by atoms with van der Waals surface area (Å²) in [5.74, 6) is -0.996. The predicted octanol–water partition coefficient (Wildman–Crippen LogP) is 3.31. The largest absolute Gasteiger partial charge is 0.342 e. The summed E-state index contributed by atoms with van der Waals surface area (Å²) in [5.41, 5.74) is 0.684. The lowest BCUT2D eigenvalue weighted by Gasteiger charge is -2.36. The van der Waals surface area contributed by atoms with Crippen LogP contribution in [0, 0.1) is 11.6 Å². The molecule has 0 aliphatic heterocycles. The van der Waals surface area contributed by atoms with Crippen molar-refractivity contribution in [3.63, 3.8) is 0 Å². The summed E-state index contributed by atoms with van der Waals surface area (Å²) in [5, 5.41) is 3.41. The third kappa shape index (κ3) is 2.30. The van der Waals surface area contributed by atoms with Gasteiger partial charge in [0.05, 0.1) is 5.52 Å². The van der Waals surface area contributed by atoms with Gasteiger partial charge in [-0.1, -0.05) is 19.3 Å². The fourth-order valence-corrected chi connectivity index (χ4v) is 3.22. The Balaban J connectivity index is 1.92. The van der Waals surface area contributed by atoms with Crippen LogP contribution in [0.15, 0.2) is 12.1 Å². The maximum atomic E-state index is 13.7. The summed E-state index contributed by atoms with van der Waals surface area (Å²) in [6.07, 6.45) is 6.57. The number of aromatic amines is 1. The van der Waals surface area contributed by atoms with Crippen LogP contribution in [0.5, 0.6) is 0 Å². The summed E-state index contributed by atoms with van der Waals surface area (Å²) in [6, 6.07) is 2.67. The van der Waals surface area contributed by atoms with Gasteiger partial charge in [-0.25, -0.2) is 13.8 Å². The van der Waals surface area contributed by atoms with Gasteiger partial charge in [0, 0.05) is 12.0 Å². The zero-order valence-electron chi connectivity index (χ0n) is 11.6. The SMILES string of the molecule is CNC1(Cc2nc3c(F)c(F)ccc3[nH]2)CCCCC1. The highest BCUT2D eigenvalue weighted by atomic mass is 19.2. The lowest BCUT2D eigenvalue weighted by Crippen LogP contribution is -2.46. The Kier molecular flexibility index (Phi) is 3.46. The molecule has 0 amide bonds. The molecular weight excluding hydrogens is 260 g/mol. The van der Waals surface area contributed by atoms with Gasteiger partial charge in [-0.05, 0) is 32.0 Å². The smallest absolute Gasteiger partial charge is 0.186 e. The fraction of sp³-hybridized carbons (Fsp3) is 0.533. The maximum Gasteiger partial charge on any atom is 0.186 e. The number of hydrogen-bond acceptors (Lipinski definition) is 2. The standard InChI is InChI=1S/C15H19F2N3/c1-18-15(7-3-2-4-8-15)9-12-19-11-6-5-10(16)13(17)14(11)20-12/h5-6,18H,2-4,7-9H2,1H3,(H,19,20). The number of imidazole rings is 1. The quantitative estimate of drug-likeness (QED) is 0.905. The van der Waals surface area contributed by atoms with Crippen molar-refractivity contribution in [3.8, 4) is 0 Å². The first-order valence-electron chi connectivity index (χ1n) is 7.15. The first-order valence-corrected chi connectivity index (χ1v) is 7.15. The average Bonchev–Trinajstić information content (AvgIpc) is 2.87. The van der Waals surface area contributed by atoms with E-state index in [2.05, 4.69) is 15.3 Å². The van der Waals surface area contributed by atoms with Crippen LogP contribution in [-0.4, -0.2) is 22.6 Å². The van der Waals surface area contributed by atoms with Crippen molar-refractivity contribution in [2.24, 2.45) is 0 Å². The summed E-state index contributed by atoms with van der Waals surface area (Å²) >= 11 is 0. The van der Waals surface area contributed by atoms with Gasteiger partial charge in [-0.2, -0.15) is 0 Å². The molecule has 20 heavy (non-hydrogen) atoms. The second-order valence-electron chi connectivity index (χ2n) is 5.71. The summed E-state index contributed by atoms with van der Waals surface area (Å²) in [4.78, 5) is 7.36. The Labute approximate surface area is 116 Å². The summed E-state index contributed by atoms with van der Waals surface area (Å²) < 4.78 is 26.9. The van der Waals surface area contributed by atoms with Crippen molar-refractivity contribution in [3.05, 3.63) is 29.6 Å². The minimum Gasteiger partial charge on any atom is -0.342 e. The number of halogens is 2. The number of nitrogens with one attached hydrogen (secondary N) is 2. The third-order valence-electron chi connectivity index (χ3n) is 4.44. The normalized spacial score (nSPS) is 18.6. The highest BCUT2D eigenvalue weighted by molar-refractivity contribution is 5.75. The lowest BCUT2D eigenvalue weighted by atomic mass is 9.79. The van der Waals surface area contributed by atoms with Crippen LogP contribution in [0.2, 0.25) is 0 Å². The van der Waals surface area contributed by atoms with Crippen molar-refractivity contribution in [2.75, 3.05) is 7.05 Å². The second kappa shape index (κ2) is 5.13. The van der Waals surface area contributed by atoms with Crippen molar-refractivity contribution in [1.29, 1.82) is 0 Å². The number of likely N-dealkylation sites (N-methyl/N-ethyl adjacent to an activating group) is 1. The molecule has 1 heterocycles. The van der Waals surface area contributed by atoms with Gasteiger partial charge in [0.1, 0.15) is 11.3 Å². The van der Waals surface area contributed by atoms with E-state index in [1.165, 1.54) is 25.3 Å². The molecule has 3 nitrogen and oxygen atoms in total. The summed E-state index contributed by atoms with van der Waals surface area (Å²) in [6.45, 7) is 0. The van der Waals surface area contributed by atoms with E-state index < -0.39 is 11.6 Å². The van der Waals surface area contributed by atoms with Crippen molar-refractivity contribution < 1.29 is 8.78 Å². The van der Waals surface area contributed by atoms with E-state index in [-0.39, 0.29) is 11.1 Å². The van der Waals surface area contributed by atoms with E-state index in [4.69, 9.17) is 0 Å². The summed E-state index contributed by atoms with van der Waals surface area (Å²) in [7, 11) is 1.97. The van der Waals surface area contributed by atoms with Gasteiger partial charge in [0.2, 0.25) is 0 Å². The van der Waals surface area contributed by atoms with E-state index in [0.29, 0.717) is 5.52 Å². The van der Waals surface area contributed by atoms with Crippen LogP contribution in [0.4, 0.5) is 8.78 Å². The highest BCUT2D eigenvalue weighted by Crippen LogP contribution is 2.31. The number of rotatable bonds is 3. The number of nitrogens with zero attached hydrogens (tertiary/aromatic N) is 1. The topological polar surface area (TPSA) is 40.7 Å². The molecule has 2 aromatic rings. The Morgan fingerprint density at radius 1 is 1.25 bits per heavy atom. The van der Waals surface area contributed by atoms with Gasteiger partial charge >= 0.3 is 0 Å². The molecule has 1 aliphatic rings. The van der Waals surface area contributed by atoms with Crippen LogP contribution >= 0.6 is 0 Å². The molecule has 0 unspecified atom stereocenters. The Bertz CT molecular complexity index is 615. The monoisotopic (exact) mass is 279 g/mol. The third-order valence-corrected chi connectivity index (χ3v) is 4.44. The van der Waals surface area contributed by atoms with E-state index >= 15 is 0 Å². The molecule has 0 saturated heterocycles. The van der Waals surface area contributed by atoms with Crippen molar-refractivity contribution in [1.82, 2.24) is 15.3 Å². The number of H-pyrrole nitrogens is 1. The van der Waals surface area contributed by atoms with Gasteiger partial charge in [-0.15, -0.1) is 0 Å². The van der Waals surface area contributed by atoms with E-state index in [1.807, 2.05) is 7.05 Å². The number of hydrogen-bond donors (Lipinski definition) is 2. The molecule has 1 aromatic heterocycles. The zero-order chi connectivity index (χ0) is 14.2. The molecule has 1 saturated carbocycles. The van der Waals surface area contributed by atoms with E-state index in [1.54, 1.807) is 0 Å². The molecule has 0 radical (unpaired) electrons. The molecule has 1 fully saturated rings. The molecule has 0 atom stereocenters.